The quantitative estimate of drug-likeness (QED) is 0.884. The van der Waals surface area contributed by atoms with E-state index in [1.165, 1.54) is 0 Å². The molecule has 1 fully saturated rings. The summed E-state index contributed by atoms with van der Waals surface area (Å²) in [5.41, 5.74) is 2.17. The lowest BCUT2D eigenvalue weighted by molar-refractivity contribution is -0.123. The van der Waals surface area contributed by atoms with Gasteiger partial charge in [0.05, 0.1) is 17.1 Å². The highest BCUT2D eigenvalue weighted by Gasteiger charge is 2.31. The van der Waals surface area contributed by atoms with Crippen LogP contribution in [0.1, 0.15) is 51.4 Å². The number of hydrogen-bond donors (Lipinski definition) is 1. The Bertz CT molecular complexity index is 643. The maximum Gasteiger partial charge on any atom is 0.223 e. The van der Waals surface area contributed by atoms with E-state index in [1.807, 2.05) is 25.1 Å². The number of nitrogens with one attached hydrogen (secondary N) is 1. The van der Waals surface area contributed by atoms with Crippen molar-refractivity contribution >= 4 is 16.9 Å². The molecule has 1 aliphatic carbocycles. The number of carbonyl (C=O) groups is 1. The number of para-hydroxylation sites is 2. The largest absolute Gasteiger partial charge is 0.346 e. The number of carbonyl (C=O) groups excluding carboxylic acids is 1. The van der Waals surface area contributed by atoms with Crippen LogP contribution in [0.4, 0.5) is 0 Å². The van der Waals surface area contributed by atoms with Gasteiger partial charge in [0, 0.05) is 12.5 Å². The van der Waals surface area contributed by atoms with Crippen molar-refractivity contribution in [1.29, 1.82) is 0 Å². The number of rotatable bonds is 6. The molecule has 1 aliphatic rings. The number of aromatic nitrogens is 2. The van der Waals surface area contributed by atoms with Crippen molar-refractivity contribution in [3.05, 3.63) is 30.1 Å². The summed E-state index contributed by atoms with van der Waals surface area (Å²) in [5.74, 6) is 1.39. The molecule has 1 heterocycles. The van der Waals surface area contributed by atoms with Gasteiger partial charge in [0.15, 0.2) is 0 Å². The normalized spacial score (nSPS) is 16.1. The molecule has 0 spiro atoms. The van der Waals surface area contributed by atoms with Crippen molar-refractivity contribution in [3.8, 4) is 0 Å². The molecule has 0 saturated heterocycles. The van der Waals surface area contributed by atoms with Crippen LogP contribution >= 0.6 is 0 Å². The third kappa shape index (κ3) is 2.94. The highest BCUT2D eigenvalue weighted by atomic mass is 16.2. The molecular formula is C17H23N3O. The van der Waals surface area contributed by atoms with Gasteiger partial charge < -0.3 is 9.88 Å². The smallest absolute Gasteiger partial charge is 0.223 e. The average molecular weight is 285 g/mol. The van der Waals surface area contributed by atoms with Gasteiger partial charge in [-0.1, -0.05) is 25.5 Å². The molecular weight excluding hydrogens is 262 g/mol. The Labute approximate surface area is 125 Å². The Morgan fingerprint density at radius 3 is 2.90 bits per heavy atom. The number of aryl methyl sites for hydroxylation is 1. The molecule has 21 heavy (non-hydrogen) atoms. The standard InChI is InChI=1S/C17H23N3O/c1-3-4-11-20-15-8-6-5-7-14(15)19-16(20)12(2)18-17(21)13-9-10-13/h5-8,12-13H,3-4,9-11H2,1-2H3,(H,18,21). The van der Waals surface area contributed by atoms with Gasteiger partial charge in [0.2, 0.25) is 5.91 Å². The molecule has 4 heteroatoms. The van der Waals surface area contributed by atoms with E-state index in [9.17, 15) is 4.79 Å². The second-order valence-electron chi connectivity index (χ2n) is 5.97. The summed E-state index contributed by atoms with van der Waals surface area (Å²) in [6.45, 7) is 5.18. The zero-order valence-electron chi connectivity index (χ0n) is 12.8. The van der Waals surface area contributed by atoms with Gasteiger partial charge in [-0.2, -0.15) is 0 Å². The van der Waals surface area contributed by atoms with Gasteiger partial charge in [-0.3, -0.25) is 4.79 Å². The fourth-order valence-corrected chi connectivity index (χ4v) is 2.72. The summed E-state index contributed by atoms with van der Waals surface area (Å²) in [6.07, 6.45) is 4.33. The summed E-state index contributed by atoms with van der Waals surface area (Å²) < 4.78 is 2.26. The van der Waals surface area contributed by atoms with E-state index in [1.54, 1.807) is 0 Å². The summed E-state index contributed by atoms with van der Waals surface area (Å²) >= 11 is 0. The van der Waals surface area contributed by atoms with Gasteiger partial charge >= 0.3 is 0 Å². The number of hydrogen-bond acceptors (Lipinski definition) is 2. The first-order valence-electron chi connectivity index (χ1n) is 7.96. The van der Waals surface area contributed by atoms with E-state index in [0.717, 1.165) is 49.1 Å². The van der Waals surface area contributed by atoms with Gasteiger partial charge in [-0.05, 0) is 38.3 Å². The van der Waals surface area contributed by atoms with Crippen molar-refractivity contribution in [2.75, 3.05) is 0 Å². The van der Waals surface area contributed by atoms with Crippen LogP contribution in [-0.2, 0) is 11.3 Å². The van der Waals surface area contributed by atoms with Gasteiger partial charge in [-0.15, -0.1) is 0 Å². The second-order valence-corrected chi connectivity index (χ2v) is 5.97. The molecule has 1 atom stereocenters. The molecule has 1 saturated carbocycles. The summed E-state index contributed by atoms with van der Waals surface area (Å²) in [6, 6.07) is 8.16. The van der Waals surface area contributed by atoms with Gasteiger partial charge in [-0.25, -0.2) is 4.98 Å². The molecule has 1 N–H and O–H groups in total. The van der Waals surface area contributed by atoms with Gasteiger partial charge in [0.1, 0.15) is 5.82 Å². The van der Waals surface area contributed by atoms with Crippen molar-refractivity contribution in [3.63, 3.8) is 0 Å². The number of unbranched alkanes of at least 4 members (excludes halogenated alkanes) is 1. The molecule has 112 valence electrons. The van der Waals surface area contributed by atoms with Crippen LogP contribution in [0.25, 0.3) is 11.0 Å². The molecule has 0 aliphatic heterocycles. The Morgan fingerprint density at radius 1 is 1.43 bits per heavy atom. The number of fused-ring (bicyclic) bond motifs is 1. The first kappa shape index (κ1) is 14.1. The molecule has 3 rings (SSSR count). The van der Waals surface area contributed by atoms with E-state index in [-0.39, 0.29) is 17.9 Å². The number of benzene rings is 1. The molecule has 1 amide bonds. The molecule has 1 unspecified atom stereocenters. The third-order valence-corrected chi connectivity index (χ3v) is 4.11. The zero-order valence-corrected chi connectivity index (χ0v) is 12.8. The first-order chi connectivity index (χ1) is 10.2. The minimum absolute atomic E-state index is 0.0395. The zero-order chi connectivity index (χ0) is 14.8. The highest BCUT2D eigenvalue weighted by Crippen LogP contribution is 2.30. The summed E-state index contributed by atoms with van der Waals surface area (Å²) in [5, 5.41) is 3.11. The summed E-state index contributed by atoms with van der Waals surface area (Å²) in [4.78, 5) is 16.7. The fraction of sp³-hybridized carbons (Fsp3) is 0.529. The predicted molar refractivity (Wildman–Crippen MR) is 83.9 cm³/mol. The van der Waals surface area contributed by atoms with E-state index in [0.29, 0.717) is 0 Å². The van der Waals surface area contributed by atoms with Crippen LogP contribution in [0.3, 0.4) is 0 Å². The fourth-order valence-electron chi connectivity index (χ4n) is 2.72. The van der Waals surface area contributed by atoms with Crippen molar-refractivity contribution in [2.45, 2.75) is 52.1 Å². The van der Waals surface area contributed by atoms with Crippen LogP contribution in [0.2, 0.25) is 0 Å². The van der Waals surface area contributed by atoms with E-state index >= 15 is 0 Å². The Morgan fingerprint density at radius 2 is 2.19 bits per heavy atom. The Hall–Kier alpha value is -1.84. The molecule has 4 nitrogen and oxygen atoms in total. The SMILES string of the molecule is CCCCn1c(C(C)NC(=O)C2CC2)nc2ccccc21. The lowest BCUT2D eigenvalue weighted by Crippen LogP contribution is -2.29. The predicted octanol–water partition coefficient (Wildman–Crippen LogP) is 3.42. The molecule has 1 aromatic carbocycles. The van der Waals surface area contributed by atoms with E-state index < -0.39 is 0 Å². The van der Waals surface area contributed by atoms with Crippen LogP contribution in [0.15, 0.2) is 24.3 Å². The molecule has 0 radical (unpaired) electrons. The first-order valence-corrected chi connectivity index (χ1v) is 7.96. The maximum atomic E-state index is 12.0. The second kappa shape index (κ2) is 5.88. The summed E-state index contributed by atoms with van der Waals surface area (Å²) in [7, 11) is 0. The number of imidazole rings is 1. The average Bonchev–Trinajstić information content (AvgIpc) is 3.27. The maximum absolute atomic E-state index is 12.0. The van der Waals surface area contributed by atoms with Crippen LogP contribution in [0, 0.1) is 5.92 Å². The lowest BCUT2D eigenvalue weighted by atomic mass is 10.2. The molecule has 0 bridgehead atoms. The minimum Gasteiger partial charge on any atom is -0.346 e. The van der Waals surface area contributed by atoms with Crippen molar-refractivity contribution in [1.82, 2.24) is 14.9 Å². The van der Waals surface area contributed by atoms with Gasteiger partial charge in [0.25, 0.3) is 0 Å². The topological polar surface area (TPSA) is 46.9 Å². The van der Waals surface area contributed by atoms with Crippen LogP contribution in [0.5, 0.6) is 0 Å². The lowest BCUT2D eigenvalue weighted by Gasteiger charge is -2.16. The van der Waals surface area contributed by atoms with Crippen LogP contribution < -0.4 is 5.32 Å². The Kier molecular flexibility index (Phi) is 3.95. The third-order valence-electron chi connectivity index (χ3n) is 4.11. The van der Waals surface area contributed by atoms with Crippen LogP contribution in [-0.4, -0.2) is 15.5 Å². The van der Waals surface area contributed by atoms with Crippen molar-refractivity contribution in [2.24, 2.45) is 5.92 Å². The monoisotopic (exact) mass is 285 g/mol. The highest BCUT2D eigenvalue weighted by molar-refractivity contribution is 5.81. The number of nitrogens with zero attached hydrogens (tertiary/aromatic N) is 2. The number of amides is 1. The molecule has 2 aromatic rings. The Balaban J connectivity index is 1.89. The van der Waals surface area contributed by atoms with E-state index in [2.05, 4.69) is 22.9 Å². The van der Waals surface area contributed by atoms with Crippen molar-refractivity contribution < 1.29 is 4.79 Å². The molecule has 1 aromatic heterocycles. The van der Waals surface area contributed by atoms with E-state index in [4.69, 9.17) is 4.98 Å². The minimum atomic E-state index is -0.0395.